The molecule has 0 fully saturated rings. The largest absolute Gasteiger partial charge is 0.494 e. The maximum absolute atomic E-state index is 13.7. The molecule has 0 saturated carbocycles. The first-order valence-electron chi connectivity index (χ1n) is 7.74. The van der Waals surface area contributed by atoms with Crippen molar-refractivity contribution in [3.63, 3.8) is 0 Å². The molecule has 6 heteroatoms. The van der Waals surface area contributed by atoms with Gasteiger partial charge in [0.25, 0.3) is 0 Å². The fourth-order valence-corrected chi connectivity index (χ4v) is 3.20. The highest BCUT2D eigenvalue weighted by Gasteiger charge is 2.20. The molecule has 2 aromatic rings. The summed E-state index contributed by atoms with van der Waals surface area (Å²) < 4.78 is 29.7. The number of benzene rings is 2. The Balaban J connectivity index is 1.86. The number of hydrogen-bond donors (Lipinski definition) is 0. The highest BCUT2D eigenvalue weighted by Crippen LogP contribution is 2.40. The summed E-state index contributed by atoms with van der Waals surface area (Å²) in [4.78, 5) is 13.5. The fourth-order valence-electron chi connectivity index (χ4n) is 2.44. The Morgan fingerprint density at radius 1 is 1.32 bits per heavy atom. The molecule has 1 aliphatic heterocycles. The van der Waals surface area contributed by atoms with Crippen molar-refractivity contribution in [3.8, 4) is 17.2 Å². The van der Waals surface area contributed by atoms with Crippen molar-refractivity contribution in [2.24, 2.45) is 0 Å². The first-order valence-corrected chi connectivity index (χ1v) is 8.73. The number of thioether (sulfide) groups is 1. The second-order valence-electron chi connectivity index (χ2n) is 5.23. The Kier molecular flexibility index (Phi) is 5.28. The Bertz CT molecular complexity index is 832. The van der Waals surface area contributed by atoms with Crippen LogP contribution < -0.4 is 14.2 Å². The molecule has 0 radical (unpaired) electrons. The van der Waals surface area contributed by atoms with E-state index in [1.807, 2.05) is 13.0 Å². The molecular formula is C19H17FO4S. The molecule has 1 heterocycles. The summed E-state index contributed by atoms with van der Waals surface area (Å²) >= 11 is 1.56. The van der Waals surface area contributed by atoms with E-state index in [0.717, 1.165) is 4.90 Å². The molecule has 3 rings (SSSR count). The third kappa shape index (κ3) is 3.79. The Labute approximate surface area is 149 Å². The molecular weight excluding hydrogens is 343 g/mol. The van der Waals surface area contributed by atoms with Crippen LogP contribution in [0, 0.1) is 5.82 Å². The average Bonchev–Trinajstić information content (AvgIpc) is 3.06. The van der Waals surface area contributed by atoms with Crippen LogP contribution in [0.4, 0.5) is 4.39 Å². The number of allylic oxidation sites excluding steroid dienone is 1. The van der Waals surface area contributed by atoms with E-state index in [9.17, 15) is 9.18 Å². The maximum Gasteiger partial charge on any atom is 0.189 e. The van der Waals surface area contributed by atoms with Crippen LogP contribution in [0.2, 0.25) is 0 Å². The summed E-state index contributed by atoms with van der Waals surface area (Å²) in [6.45, 7) is 2.32. The van der Waals surface area contributed by atoms with Crippen molar-refractivity contribution >= 4 is 23.6 Å². The molecule has 0 N–H and O–H groups in total. The standard InChI is InChI=1S/C19H17FO4S/c1-3-23-17-10-19-18(24-11-25-19)9-13(17)15(21)6-4-12-5-7-16(22-2)14(20)8-12/h4-10H,3,11H2,1-2H3/b6-4+. The van der Waals surface area contributed by atoms with E-state index in [0.29, 0.717) is 35.2 Å². The number of hydrogen-bond acceptors (Lipinski definition) is 5. The van der Waals surface area contributed by atoms with Crippen LogP contribution in [0.1, 0.15) is 22.8 Å². The summed E-state index contributed by atoms with van der Waals surface area (Å²) in [6, 6.07) is 8.03. The number of methoxy groups -OCH3 is 1. The smallest absolute Gasteiger partial charge is 0.189 e. The molecule has 2 aromatic carbocycles. The molecule has 0 atom stereocenters. The van der Waals surface area contributed by atoms with E-state index in [2.05, 4.69) is 0 Å². The van der Waals surface area contributed by atoms with Crippen LogP contribution in [0.5, 0.6) is 17.2 Å². The lowest BCUT2D eigenvalue weighted by Gasteiger charge is -2.10. The monoisotopic (exact) mass is 360 g/mol. The SMILES string of the molecule is CCOc1cc2c(cc1C(=O)/C=C/c1ccc(OC)c(F)c1)OCS2. The van der Waals surface area contributed by atoms with Gasteiger partial charge in [0.15, 0.2) is 17.3 Å². The molecule has 0 spiro atoms. The number of rotatable bonds is 6. The summed E-state index contributed by atoms with van der Waals surface area (Å²) in [5, 5.41) is 0. The van der Waals surface area contributed by atoms with Gasteiger partial charge in [-0.3, -0.25) is 4.79 Å². The minimum Gasteiger partial charge on any atom is -0.494 e. The lowest BCUT2D eigenvalue weighted by molar-refractivity contribution is 0.104. The summed E-state index contributed by atoms with van der Waals surface area (Å²) in [5.41, 5.74) is 0.992. The third-order valence-electron chi connectivity index (χ3n) is 3.64. The molecule has 0 unspecified atom stereocenters. The first kappa shape index (κ1) is 17.4. The van der Waals surface area contributed by atoms with Crippen LogP contribution in [0.3, 0.4) is 0 Å². The lowest BCUT2D eigenvalue weighted by Crippen LogP contribution is -2.02. The molecule has 1 aliphatic rings. The number of carbonyl (C=O) groups excluding carboxylic acids is 1. The van der Waals surface area contributed by atoms with Gasteiger partial charge in [0, 0.05) is 0 Å². The summed E-state index contributed by atoms with van der Waals surface area (Å²) in [5.74, 6) is 1.18. The number of ether oxygens (including phenoxy) is 3. The van der Waals surface area contributed by atoms with Gasteiger partial charge in [-0.1, -0.05) is 23.9 Å². The summed E-state index contributed by atoms with van der Waals surface area (Å²) in [6.07, 6.45) is 2.96. The van der Waals surface area contributed by atoms with Crippen LogP contribution >= 0.6 is 11.8 Å². The number of fused-ring (bicyclic) bond motifs is 1. The second-order valence-corrected chi connectivity index (χ2v) is 6.19. The Morgan fingerprint density at radius 2 is 2.16 bits per heavy atom. The summed E-state index contributed by atoms with van der Waals surface area (Å²) in [7, 11) is 1.40. The van der Waals surface area contributed by atoms with E-state index in [1.165, 1.54) is 25.3 Å². The van der Waals surface area contributed by atoms with E-state index in [1.54, 1.807) is 30.0 Å². The van der Waals surface area contributed by atoms with Crippen LogP contribution in [0.15, 0.2) is 41.3 Å². The Morgan fingerprint density at radius 3 is 2.88 bits per heavy atom. The molecule has 25 heavy (non-hydrogen) atoms. The van der Waals surface area contributed by atoms with Gasteiger partial charge in [0.05, 0.1) is 24.2 Å². The van der Waals surface area contributed by atoms with E-state index in [-0.39, 0.29) is 11.5 Å². The molecule has 0 saturated heterocycles. The molecule has 0 aromatic heterocycles. The zero-order valence-electron chi connectivity index (χ0n) is 13.9. The minimum absolute atomic E-state index is 0.162. The van der Waals surface area contributed by atoms with E-state index in [4.69, 9.17) is 14.2 Å². The van der Waals surface area contributed by atoms with Crippen molar-refractivity contribution in [3.05, 3.63) is 53.4 Å². The highest BCUT2D eigenvalue weighted by atomic mass is 32.2. The van der Waals surface area contributed by atoms with Crippen LogP contribution in [-0.2, 0) is 0 Å². The highest BCUT2D eigenvalue weighted by molar-refractivity contribution is 7.99. The second kappa shape index (κ2) is 7.61. The van der Waals surface area contributed by atoms with Gasteiger partial charge in [-0.2, -0.15) is 0 Å². The molecule has 0 amide bonds. The van der Waals surface area contributed by atoms with Crippen LogP contribution in [0.25, 0.3) is 6.08 Å². The predicted octanol–water partition coefficient (Wildman–Crippen LogP) is 4.57. The molecule has 0 bridgehead atoms. The fraction of sp³-hybridized carbons (Fsp3) is 0.211. The Hall–Kier alpha value is -2.47. The zero-order valence-corrected chi connectivity index (χ0v) is 14.7. The van der Waals surface area contributed by atoms with Gasteiger partial charge in [-0.25, -0.2) is 4.39 Å². The molecule has 4 nitrogen and oxygen atoms in total. The quantitative estimate of drug-likeness (QED) is 0.558. The van der Waals surface area contributed by atoms with Crippen molar-refractivity contribution in [1.82, 2.24) is 0 Å². The van der Waals surface area contributed by atoms with Crippen molar-refractivity contribution in [2.75, 3.05) is 19.7 Å². The zero-order chi connectivity index (χ0) is 17.8. The number of halogens is 1. The lowest BCUT2D eigenvalue weighted by atomic mass is 10.1. The van der Waals surface area contributed by atoms with E-state index >= 15 is 0 Å². The average molecular weight is 360 g/mol. The first-order chi connectivity index (χ1) is 12.1. The number of carbonyl (C=O) groups is 1. The third-order valence-corrected chi connectivity index (χ3v) is 4.51. The topological polar surface area (TPSA) is 44.8 Å². The predicted molar refractivity (Wildman–Crippen MR) is 95.3 cm³/mol. The molecule has 0 aliphatic carbocycles. The van der Waals surface area contributed by atoms with Gasteiger partial charge in [-0.15, -0.1) is 0 Å². The van der Waals surface area contributed by atoms with Gasteiger partial charge in [0.1, 0.15) is 17.4 Å². The normalized spacial score (nSPS) is 12.8. The van der Waals surface area contributed by atoms with Crippen LogP contribution in [-0.4, -0.2) is 25.4 Å². The maximum atomic E-state index is 13.7. The van der Waals surface area contributed by atoms with Gasteiger partial charge >= 0.3 is 0 Å². The van der Waals surface area contributed by atoms with E-state index < -0.39 is 5.82 Å². The number of ketones is 1. The molecule has 130 valence electrons. The van der Waals surface area contributed by atoms with Crippen molar-refractivity contribution < 1.29 is 23.4 Å². The minimum atomic E-state index is -0.477. The van der Waals surface area contributed by atoms with Crippen molar-refractivity contribution in [1.29, 1.82) is 0 Å². The van der Waals surface area contributed by atoms with Gasteiger partial charge in [-0.05, 0) is 42.8 Å². The van der Waals surface area contributed by atoms with Gasteiger partial charge < -0.3 is 14.2 Å². The van der Waals surface area contributed by atoms with Gasteiger partial charge in [0.2, 0.25) is 0 Å². The van der Waals surface area contributed by atoms with Crippen molar-refractivity contribution in [2.45, 2.75) is 11.8 Å².